The van der Waals surface area contributed by atoms with Gasteiger partial charge < -0.3 is 10.6 Å². The van der Waals surface area contributed by atoms with E-state index in [9.17, 15) is 4.79 Å². The van der Waals surface area contributed by atoms with Crippen molar-refractivity contribution >= 4 is 22.4 Å². The Morgan fingerprint density at radius 1 is 1.37 bits per heavy atom. The van der Waals surface area contributed by atoms with Gasteiger partial charge in [-0.15, -0.1) is 5.10 Å². The van der Waals surface area contributed by atoms with Crippen LogP contribution in [0.1, 0.15) is 12.8 Å². The normalized spacial score (nSPS) is 18.4. The van der Waals surface area contributed by atoms with E-state index in [2.05, 4.69) is 20.2 Å². The van der Waals surface area contributed by atoms with Gasteiger partial charge in [0.25, 0.3) is 0 Å². The molecule has 5 nitrogen and oxygen atoms in total. The zero-order valence-corrected chi connectivity index (χ0v) is 11.1. The van der Waals surface area contributed by atoms with Crippen molar-refractivity contribution in [3.8, 4) is 11.3 Å². The van der Waals surface area contributed by atoms with E-state index in [0.29, 0.717) is 5.00 Å². The lowest BCUT2D eigenvalue weighted by molar-refractivity contribution is -0.117. The predicted molar refractivity (Wildman–Crippen MR) is 75.0 cm³/mol. The summed E-state index contributed by atoms with van der Waals surface area (Å²) in [6.45, 7) is 0.907. The van der Waals surface area contributed by atoms with Crippen molar-refractivity contribution in [3.05, 3.63) is 30.3 Å². The smallest absolute Gasteiger partial charge is 0.242 e. The van der Waals surface area contributed by atoms with Crippen molar-refractivity contribution in [2.45, 2.75) is 18.9 Å². The molecule has 19 heavy (non-hydrogen) atoms. The van der Waals surface area contributed by atoms with Crippen LogP contribution in [-0.2, 0) is 4.79 Å². The van der Waals surface area contributed by atoms with Gasteiger partial charge in [-0.05, 0) is 19.4 Å². The first-order chi connectivity index (χ1) is 9.34. The molecule has 2 heterocycles. The molecule has 0 radical (unpaired) electrons. The molecule has 0 unspecified atom stereocenters. The van der Waals surface area contributed by atoms with E-state index >= 15 is 0 Å². The Balaban J connectivity index is 1.79. The summed E-state index contributed by atoms with van der Waals surface area (Å²) in [7, 11) is 0. The number of benzene rings is 1. The molecule has 1 aromatic carbocycles. The van der Waals surface area contributed by atoms with Gasteiger partial charge in [0, 0.05) is 17.1 Å². The minimum Gasteiger partial charge on any atom is -0.313 e. The maximum atomic E-state index is 12.1. The van der Waals surface area contributed by atoms with E-state index in [-0.39, 0.29) is 11.9 Å². The molecular formula is C13H14N4OS. The Morgan fingerprint density at radius 2 is 2.21 bits per heavy atom. The van der Waals surface area contributed by atoms with E-state index in [4.69, 9.17) is 0 Å². The molecule has 1 aromatic heterocycles. The van der Waals surface area contributed by atoms with Gasteiger partial charge >= 0.3 is 0 Å². The average Bonchev–Trinajstić information content (AvgIpc) is 3.11. The third-order valence-corrected chi connectivity index (χ3v) is 3.79. The summed E-state index contributed by atoms with van der Waals surface area (Å²) in [6, 6.07) is 9.66. The molecule has 1 saturated heterocycles. The third kappa shape index (κ3) is 2.64. The van der Waals surface area contributed by atoms with Gasteiger partial charge in [0.1, 0.15) is 10.7 Å². The van der Waals surface area contributed by atoms with Crippen LogP contribution >= 0.6 is 11.5 Å². The lowest BCUT2D eigenvalue weighted by atomic mass is 10.1. The zero-order chi connectivity index (χ0) is 13.1. The second-order valence-corrected chi connectivity index (χ2v) is 5.21. The van der Waals surface area contributed by atoms with Gasteiger partial charge in [-0.3, -0.25) is 4.79 Å². The molecule has 2 aromatic rings. The van der Waals surface area contributed by atoms with Crippen LogP contribution in [0.5, 0.6) is 0 Å². The molecule has 6 heteroatoms. The lowest BCUT2D eigenvalue weighted by Gasteiger charge is -2.10. The fraction of sp³-hybridized carbons (Fsp3) is 0.308. The highest BCUT2D eigenvalue weighted by atomic mass is 32.1. The number of rotatable bonds is 3. The van der Waals surface area contributed by atoms with Gasteiger partial charge in [0.2, 0.25) is 5.91 Å². The van der Waals surface area contributed by atoms with Crippen molar-refractivity contribution in [1.29, 1.82) is 0 Å². The van der Waals surface area contributed by atoms with Gasteiger partial charge in [0.15, 0.2) is 0 Å². The van der Waals surface area contributed by atoms with E-state index in [1.807, 2.05) is 30.3 Å². The minimum absolute atomic E-state index is 0.000677. The number of aromatic nitrogens is 2. The highest BCUT2D eigenvalue weighted by molar-refractivity contribution is 7.10. The van der Waals surface area contributed by atoms with Crippen molar-refractivity contribution in [2.24, 2.45) is 0 Å². The topological polar surface area (TPSA) is 66.9 Å². The van der Waals surface area contributed by atoms with Crippen molar-refractivity contribution in [3.63, 3.8) is 0 Å². The van der Waals surface area contributed by atoms with Crippen LogP contribution in [0.25, 0.3) is 11.3 Å². The van der Waals surface area contributed by atoms with Gasteiger partial charge in [0.05, 0.1) is 6.04 Å². The van der Waals surface area contributed by atoms with Crippen LogP contribution in [0.4, 0.5) is 5.00 Å². The maximum Gasteiger partial charge on any atom is 0.242 e. The SMILES string of the molecule is O=C(Nc1snnc1-c1ccccc1)[C@@H]1CCCN1. The molecular weight excluding hydrogens is 260 g/mol. The number of anilines is 1. The van der Waals surface area contributed by atoms with E-state index in [0.717, 1.165) is 30.6 Å². The Morgan fingerprint density at radius 3 is 2.95 bits per heavy atom. The Kier molecular flexibility index (Phi) is 3.52. The summed E-state index contributed by atoms with van der Waals surface area (Å²) in [4.78, 5) is 12.1. The standard InChI is InChI=1S/C13H14N4OS/c18-12(10-7-4-8-14-10)15-13-11(16-17-19-13)9-5-2-1-3-6-9/h1-3,5-6,10,14H,4,7-8H2,(H,15,18)/t10-/m0/s1. The van der Waals surface area contributed by atoms with Crippen molar-refractivity contribution < 1.29 is 4.79 Å². The van der Waals surface area contributed by atoms with Gasteiger partial charge in [-0.25, -0.2) is 0 Å². The molecule has 1 aliphatic rings. The van der Waals surface area contributed by atoms with E-state index in [1.54, 1.807) is 0 Å². The third-order valence-electron chi connectivity index (χ3n) is 3.15. The minimum atomic E-state index is -0.0919. The maximum absolute atomic E-state index is 12.1. The van der Waals surface area contributed by atoms with Crippen LogP contribution < -0.4 is 10.6 Å². The molecule has 3 rings (SSSR count). The average molecular weight is 274 g/mol. The van der Waals surface area contributed by atoms with Crippen LogP contribution in [0, 0.1) is 0 Å². The predicted octanol–water partition coefficient (Wildman–Crippen LogP) is 1.90. The van der Waals surface area contributed by atoms with E-state index < -0.39 is 0 Å². The van der Waals surface area contributed by atoms with Crippen LogP contribution in [0.15, 0.2) is 30.3 Å². The molecule has 2 N–H and O–H groups in total. The molecule has 1 atom stereocenters. The van der Waals surface area contributed by atoms with Crippen molar-refractivity contribution in [2.75, 3.05) is 11.9 Å². The second kappa shape index (κ2) is 5.46. The summed E-state index contributed by atoms with van der Waals surface area (Å²) < 4.78 is 3.93. The largest absolute Gasteiger partial charge is 0.313 e. The molecule has 1 fully saturated rings. The monoisotopic (exact) mass is 274 g/mol. The first kappa shape index (κ1) is 12.3. The lowest BCUT2D eigenvalue weighted by Crippen LogP contribution is -2.35. The number of nitrogens with zero attached hydrogens (tertiary/aromatic N) is 2. The number of nitrogens with one attached hydrogen (secondary N) is 2. The number of carbonyl (C=O) groups is 1. The quantitative estimate of drug-likeness (QED) is 0.897. The highest BCUT2D eigenvalue weighted by Gasteiger charge is 2.23. The fourth-order valence-corrected chi connectivity index (χ4v) is 2.76. The molecule has 0 saturated carbocycles. The molecule has 98 valence electrons. The van der Waals surface area contributed by atoms with Crippen LogP contribution in [0.3, 0.4) is 0 Å². The summed E-state index contributed by atoms with van der Waals surface area (Å²) in [5, 5.41) is 10.9. The van der Waals surface area contributed by atoms with Crippen molar-refractivity contribution in [1.82, 2.24) is 14.9 Å². The summed E-state index contributed by atoms with van der Waals surface area (Å²) in [6.07, 6.45) is 1.93. The molecule has 0 spiro atoms. The first-order valence-electron chi connectivity index (χ1n) is 6.26. The summed E-state index contributed by atoms with van der Waals surface area (Å²) in [5.74, 6) is 0.000677. The Bertz CT molecular complexity index is 563. The van der Waals surface area contributed by atoms with E-state index in [1.165, 1.54) is 11.5 Å². The number of hydrogen-bond acceptors (Lipinski definition) is 5. The summed E-state index contributed by atoms with van der Waals surface area (Å²) in [5.41, 5.74) is 1.70. The zero-order valence-electron chi connectivity index (χ0n) is 10.3. The highest BCUT2D eigenvalue weighted by Crippen LogP contribution is 2.28. The molecule has 0 bridgehead atoms. The molecule has 0 aliphatic carbocycles. The Labute approximate surface area is 115 Å². The van der Waals surface area contributed by atoms with Gasteiger partial charge in [-0.2, -0.15) is 0 Å². The number of carbonyl (C=O) groups excluding carboxylic acids is 1. The molecule has 1 aliphatic heterocycles. The second-order valence-electron chi connectivity index (χ2n) is 4.45. The van der Waals surface area contributed by atoms with Crippen LogP contribution in [0.2, 0.25) is 0 Å². The fourth-order valence-electron chi connectivity index (χ4n) is 2.16. The number of amides is 1. The molecule has 1 amide bonds. The first-order valence-corrected chi connectivity index (χ1v) is 7.04. The Hall–Kier alpha value is -1.79. The summed E-state index contributed by atoms with van der Waals surface area (Å²) >= 11 is 1.21. The number of hydrogen-bond donors (Lipinski definition) is 2. The van der Waals surface area contributed by atoms with Gasteiger partial charge in [-0.1, -0.05) is 34.8 Å². The van der Waals surface area contributed by atoms with Crippen LogP contribution in [-0.4, -0.2) is 28.1 Å².